The fourth-order valence-electron chi connectivity index (χ4n) is 5.04. The smallest absolute Gasteiger partial charge is 0 e. The van der Waals surface area contributed by atoms with Gasteiger partial charge in [-0.25, -0.2) is 25.2 Å². The van der Waals surface area contributed by atoms with E-state index in [0.29, 0.717) is 45.4 Å². The predicted octanol–water partition coefficient (Wildman–Crippen LogP) is 9.91. The largest absolute Gasteiger partial charge is 0.659 e. The van der Waals surface area contributed by atoms with E-state index >= 15 is 0 Å². The van der Waals surface area contributed by atoms with E-state index in [1.54, 1.807) is 46.9 Å². The molecule has 9 radical (unpaired) electrons. The average Bonchev–Trinajstić information content (AvgIpc) is 3.97. The van der Waals surface area contributed by atoms with Crippen LogP contribution in [-0.2, 0) is 339 Å². The normalized spacial score (nSPS) is 14.5. The SMILES string of the molecule is C=[C-]C(C)=C(C)[CH-]O/C=C(/[C-]=O)CC[CH-]c1ccccc1.CC([C-]=O)=C(C)[CH-]O/C=C(/[C-]=O)C1[CH-]C=CC1.CC([C-]=O)=C(C)[CH-]O/C=C(/[C-]=O)C1[CH-]c2ccccc2C1.[Y].[Y].[Y].[Y].[Y].[Y].[Y].[Y].[Y]. The van der Waals surface area contributed by atoms with Gasteiger partial charge in [-0.3, -0.25) is 0 Å². The number of fused-ring (bicyclic) bond motifs is 1. The van der Waals surface area contributed by atoms with Gasteiger partial charge in [0.25, 0.3) is 0 Å². The summed E-state index contributed by atoms with van der Waals surface area (Å²) in [6.45, 7) is 18.6. The van der Waals surface area contributed by atoms with Gasteiger partial charge < -0.3 is 77.7 Å². The fourth-order valence-corrected chi connectivity index (χ4v) is 5.04. The topological polar surface area (TPSA) is 113 Å². The minimum atomic E-state index is -0.0173. The molecule has 2 atom stereocenters. The molecule has 8 nitrogen and oxygen atoms in total. The Kier molecular flexibility index (Phi) is 71.1. The number of allylic oxidation sites excluding steroid dienone is 9. The molecule has 2 aromatic carbocycles. The molecule has 0 aliphatic heterocycles. The van der Waals surface area contributed by atoms with Crippen molar-refractivity contribution in [3.63, 3.8) is 0 Å². The summed E-state index contributed by atoms with van der Waals surface area (Å²) in [7, 11) is 0. The maximum atomic E-state index is 11.1. The molecule has 0 fully saturated rings. The van der Waals surface area contributed by atoms with E-state index in [0.717, 1.165) is 41.5 Å². The quantitative estimate of drug-likeness (QED) is 0.0526. The molecular formula is C51H50O8Y9-12. The molecule has 341 valence electrons. The van der Waals surface area contributed by atoms with E-state index in [9.17, 15) is 24.0 Å². The average molecular weight is 1590 g/mol. The first kappa shape index (κ1) is 87.9. The molecule has 2 aliphatic carbocycles. The molecule has 0 saturated heterocycles. The van der Waals surface area contributed by atoms with Crippen LogP contribution in [0.3, 0.4) is 0 Å². The van der Waals surface area contributed by atoms with Crippen molar-refractivity contribution in [3.8, 4) is 0 Å². The summed E-state index contributed by atoms with van der Waals surface area (Å²) in [6, 6.07) is 18.1. The summed E-state index contributed by atoms with van der Waals surface area (Å²) < 4.78 is 15.7. The Labute approximate surface area is 634 Å². The summed E-state index contributed by atoms with van der Waals surface area (Å²) in [5, 5.41) is 0. The van der Waals surface area contributed by atoms with Gasteiger partial charge in [-0.05, 0) is 18.9 Å². The van der Waals surface area contributed by atoms with E-state index < -0.39 is 0 Å². The zero-order valence-electron chi connectivity index (χ0n) is 39.7. The minimum absolute atomic E-state index is 0. The molecule has 0 heterocycles. The van der Waals surface area contributed by atoms with E-state index in [1.807, 2.05) is 106 Å². The fraction of sp³-hybridized carbons (Fsp3) is 0.235. The number of hydrogen-bond donors (Lipinski definition) is 0. The number of ether oxygens (including phenoxy) is 3. The summed E-state index contributed by atoms with van der Waals surface area (Å²) in [5.41, 5.74) is 9.07. The standard InChI is InChI=1S/C19H20O2.C18H16O3.C14H14O3.9Y/c1-4-16(2)17(3)14-21-15-19(13-20)12-8-11-18-9-6-5-7-10-18;1-13(9-19)14(2)11-21-12-18(10-20)17-7-15-5-3-4-6-16(15)8-17;1-11(7-15)12(2)9-17-10-14(8-16)13-5-3-4-6-13;;;;;;;;;/h5-7,9-11,14-15H,1,8,12H2,2-3H3;3-7,11-12,17H,8H2,1-2H3;3-5,9-10,13H,6H2,1-2H3;;;;;;;;;/q3*-4;;;;;;;;;/b17-16?,19-15+;14-13?,18-12-;12-11?,14-10-;;;;;;;;;. The van der Waals surface area contributed by atoms with Crippen molar-refractivity contribution >= 4 is 31.4 Å². The van der Waals surface area contributed by atoms with Crippen LogP contribution in [0.4, 0.5) is 0 Å². The Balaban J connectivity index is -0.000000125. The van der Waals surface area contributed by atoms with Gasteiger partial charge in [0.2, 0.25) is 0 Å². The Morgan fingerprint density at radius 2 is 1.09 bits per heavy atom. The molecule has 0 bridgehead atoms. The third-order valence-electron chi connectivity index (χ3n) is 9.18. The third kappa shape index (κ3) is 37.1. The molecule has 2 unspecified atom stereocenters. The van der Waals surface area contributed by atoms with Crippen molar-refractivity contribution in [3.05, 3.63) is 204 Å². The zero-order chi connectivity index (χ0) is 43.4. The summed E-state index contributed by atoms with van der Waals surface area (Å²) in [6.07, 6.45) is 29.1. The number of rotatable bonds is 21. The maximum absolute atomic E-state index is 11.1. The second kappa shape index (κ2) is 55.0. The van der Waals surface area contributed by atoms with Crippen LogP contribution < -0.4 is 0 Å². The van der Waals surface area contributed by atoms with Crippen LogP contribution in [0.15, 0.2) is 142 Å². The molecule has 0 saturated carbocycles. The molecule has 0 spiro atoms. The zero-order valence-corrected chi connectivity index (χ0v) is 65.2. The first-order valence-electron chi connectivity index (χ1n) is 18.8. The van der Waals surface area contributed by atoms with Crippen LogP contribution in [-0.4, -0.2) is 31.4 Å². The Morgan fingerprint density at radius 3 is 1.53 bits per heavy atom. The van der Waals surface area contributed by atoms with E-state index in [2.05, 4.69) is 25.1 Å². The molecule has 2 aromatic rings. The molecule has 2 aliphatic rings. The summed E-state index contributed by atoms with van der Waals surface area (Å²) in [5.74, 6) is 0.0280. The maximum Gasteiger partial charge on any atom is 0 e. The van der Waals surface area contributed by atoms with E-state index in [-0.39, 0.29) is 306 Å². The Hall–Kier alpha value is 3.27. The van der Waals surface area contributed by atoms with E-state index in [1.165, 1.54) is 37.6 Å². The monoisotopic (exact) mass is 1590 g/mol. The minimum Gasteiger partial charge on any atom is -0.659 e. The van der Waals surface area contributed by atoms with Crippen molar-refractivity contribution in [1.82, 2.24) is 0 Å². The van der Waals surface area contributed by atoms with Gasteiger partial charge >= 0.3 is 0 Å². The van der Waals surface area contributed by atoms with Crippen LogP contribution >= 0.6 is 0 Å². The van der Waals surface area contributed by atoms with Crippen molar-refractivity contribution in [2.45, 2.75) is 67.2 Å². The second-order valence-electron chi connectivity index (χ2n) is 13.5. The first-order valence-corrected chi connectivity index (χ1v) is 18.8. The van der Waals surface area contributed by atoms with Crippen molar-refractivity contribution in [2.75, 3.05) is 0 Å². The van der Waals surface area contributed by atoms with Gasteiger partial charge in [0, 0.05) is 294 Å². The summed E-state index contributed by atoms with van der Waals surface area (Å²) in [4.78, 5) is 53.6. The van der Waals surface area contributed by atoms with Crippen molar-refractivity contribution in [2.24, 2.45) is 11.8 Å². The van der Waals surface area contributed by atoms with Crippen LogP contribution in [0, 0.1) is 57.0 Å². The number of benzene rings is 2. The number of hydrogen-bond acceptors (Lipinski definition) is 8. The molecule has 17 heteroatoms. The Bertz CT molecular complexity index is 1920. The van der Waals surface area contributed by atoms with Gasteiger partial charge in [-0.2, -0.15) is 73.1 Å². The molecular weight excluding hydrogens is 1540 g/mol. The van der Waals surface area contributed by atoms with Gasteiger partial charge in [-0.15, -0.1) is 102 Å². The molecule has 4 rings (SSSR count). The van der Waals surface area contributed by atoms with Crippen LogP contribution in [0.1, 0.15) is 77.5 Å². The van der Waals surface area contributed by atoms with Gasteiger partial charge in [0.05, 0.1) is 0 Å². The van der Waals surface area contributed by atoms with Gasteiger partial charge in [-0.1, -0.05) is 56.1 Å². The van der Waals surface area contributed by atoms with Crippen LogP contribution in [0.2, 0.25) is 0 Å². The van der Waals surface area contributed by atoms with Crippen molar-refractivity contribution < 1.29 is 333 Å². The second-order valence-corrected chi connectivity index (χ2v) is 13.5. The molecule has 0 aromatic heterocycles. The predicted molar refractivity (Wildman–Crippen MR) is 231 cm³/mol. The summed E-state index contributed by atoms with van der Waals surface area (Å²) >= 11 is 0. The Morgan fingerprint density at radius 1 is 0.618 bits per heavy atom. The van der Waals surface area contributed by atoms with Gasteiger partial charge in [0.1, 0.15) is 0 Å². The molecule has 0 amide bonds. The molecule has 68 heavy (non-hydrogen) atoms. The first-order chi connectivity index (χ1) is 28.5. The number of carbonyl (C=O) groups excluding carboxylic acids is 5. The molecule has 0 N–H and O–H groups in total. The van der Waals surface area contributed by atoms with E-state index in [4.69, 9.17) is 14.2 Å². The third-order valence-corrected chi connectivity index (χ3v) is 9.18. The van der Waals surface area contributed by atoms with Crippen LogP contribution in [0.5, 0.6) is 0 Å². The van der Waals surface area contributed by atoms with Crippen molar-refractivity contribution in [1.29, 1.82) is 0 Å². The van der Waals surface area contributed by atoms with Gasteiger partial charge in [0.15, 0.2) is 0 Å². The van der Waals surface area contributed by atoms with Crippen LogP contribution in [0.25, 0.3) is 0 Å².